The molecule has 1 aliphatic rings. The standard InChI is InChI=1S/C9H9BrO2/c10-6-1-4-8(11)9(5-6)12-7-2-3-7/h1,4-5,7,11H,2-3H2. The molecule has 0 aliphatic heterocycles. The molecule has 12 heavy (non-hydrogen) atoms. The summed E-state index contributed by atoms with van der Waals surface area (Å²) in [7, 11) is 0. The summed E-state index contributed by atoms with van der Waals surface area (Å²) in [4.78, 5) is 0. The minimum absolute atomic E-state index is 0.213. The second-order valence-electron chi connectivity index (χ2n) is 2.93. The van der Waals surface area contributed by atoms with Crippen molar-refractivity contribution in [2.45, 2.75) is 18.9 Å². The van der Waals surface area contributed by atoms with Gasteiger partial charge in [0.1, 0.15) is 0 Å². The molecule has 0 radical (unpaired) electrons. The van der Waals surface area contributed by atoms with Gasteiger partial charge in [-0.3, -0.25) is 0 Å². The Labute approximate surface area is 79.3 Å². The van der Waals surface area contributed by atoms with Crippen LogP contribution in [0.5, 0.6) is 11.5 Å². The van der Waals surface area contributed by atoms with Crippen LogP contribution in [0.4, 0.5) is 0 Å². The molecule has 64 valence electrons. The highest BCUT2D eigenvalue weighted by atomic mass is 79.9. The predicted molar refractivity (Wildman–Crippen MR) is 49.5 cm³/mol. The monoisotopic (exact) mass is 228 g/mol. The molecule has 3 heteroatoms. The molecular weight excluding hydrogens is 220 g/mol. The zero-order valence-electron chi connectivity index (χ0n) is 6.46. The molecule has 0 amide bonds. The summed E-state index contributed by atoms with van der Waals surface area (Å²) in [6.45, 7) is 0. The van der Waals surface area contributed by atoms with Crippen molar-refractivity contribution in [3.63, 3.8) is 0 Å². The van der Waals surface area contributed by atoms with Crippen molar-refractivity contribution < 1.29 is 9.84 Å². The van der Waals surface area contributed by atoms with Gasteiger partial charge in [-0.15, -0.1) is 0 Å². The highest BCUT2D eigenvalue weighted by Crippen LogP contribution is 2.34. The molecule has 1 fully saturated rings. The fourth-order valence-corrected chi connectivity index (χ4v) is 1.29. The van der Waals surface area contributed by atoms with Crippen LogP contribution in [-0.2, 0) is 0 Å². The van der Waals surface area contributed by atoms with Crippen molar-refractivity contribution in [1.29, 1.82) is 0 Å². The third kappa shape index (κ3) is 1.72. The number of ether oxygens (including phenoxy) is 1. The van der Waals surface area contributed by atoms with Crippen LogP contribution in [0, 0.1) is 0 Å². The van der Waals surface area contributed by atoms with Crippen LogP contribution in [0.15, 0.2) is 22.7 Å². The molecule has 0 atom stereocenters. The molecule has 1 N–H and O–H groups in total. The van der Waals surface area contributed by atoms with Crippen molar-refractivity contribution in [2.75, 3.05) is 0 Å². The lowest BCUT2D eigenvalue weighted by molar-refractivity contribution is 0.286. The molecule has 0 bridgehead atoms. The predicted octanol–water partition coefficient (Wildman–Crippen LogP) is 2.70. The van der Waals surface area contributed by atoms with Gasteiger partial charge in [0.15, 0.2) is 11.5 Å². The third-order valence-electron chi connectivity index (χ3n) is 1.74. The highest BCUT2D eigenvalue weighted by Gasteiger charge is 2.24. The molecular formula is C9H9BrO2. The maximum Gasteiger partial charge on any atom is 0.162 e. The van der Waals surface area contributed by atoms with Crippen LogP contribution in [-0.4, -0.2) is 11.2 Å². The SMILES string of the molecule is Oc1ccc(Br)cc1OC1CC1. The number of halogens is 1. The zero-order valence-corrected chi connectivity index (χ0v) is 8.04. The molecule has 1 saturated carbocycles. The van der Waals surface area contributed by atoms with E-state index in [-0.39, 0.29) is 5.75 Å². The van der Waals surface area contributed by atoms with Crippen LogP contribution >= 0.6 is 15.9 Å². The molecule has 0 aromatic heterocycles. The molecule has 2 nitrogen and oxygen atoms in total. The Hall–Kier alpha value is -0.700. The minimum atomic E-state index is 0.213. The highest BCUT2D eigenvalue weighted by molar-refractivity contribution is 9.10. The molecule has 0 saturated heterocycles. The average Bonchev–Trinajstić information content (AvgIpc) is 2.81. The van der Waals surface area contributed by atoms with Gasteiger partial charge in [0.2, 0.25) is 0 Å². The Bertz CT molecular complexity index is 295. The van der Waals surface area contributed by atoms with Gasteiger partial charge in [0, 0.05) is 4.47 Å². The van der Waals surface area contributed by atoms with Gasteiger partial charge in [0.05, 0.1) is 6.10 Å². The molecule has 0 spiro atoms. The van der Waals surface area contributed by atoms with Gasteiger partial charge >= 0.3 is 0 Å². The Kier molecular flexibility index (Phi) is 1.97. The van der Waals surface area contributed by atoms with E-state index in [1.54, 1.807) is 18.2 Å². The lowest BCUT2D eigenvalue weighted by atomic mass is 10.3. The number of phenols is 1. The van der Waals surface area contributed by atoms with Gasteiger partial charge < -0.3 is 9.84 Å². The molecule has 1 aromatic rings. The number of benzene rings is 1. The number of aromatic hydroxyl groups is 1. The Morgan fingerprint density at radius 2 is 2.17 bits per heavy atom. The summed E-state index contributed by atoms with van der Waals surface area (Å²) in [5.74, 6) is 0.789. The van der Waals surface area contributed by atoms with E-state index in [0.717, 1.165) is 17.3 Å². The fraction of sp³-hybridized carbons (Fsp3) is 0.333. The van der Waals surface area contributed by atoms with Crippen LogP contribution in [0.1, 0.15) is 12.8 Å². The largest absolute Gasteiger partial charge is 0.504 e. The Morgan fingerprint density at radius 1 is 1.42 bits per heavy atom. The van der Waals surface area contributed by atoms with Gasteiger partial charge in [0.25, 0.3) is 0 Å². The Morgan fingerprint density at radius 3 is 2.83 bits per heavy atom. The summed E-state index contributed by atoms with van der Waals surface area (Å²) in [6.07, 6.45) is 2.53. The van der Waals surface area contributed by atoms with Crippen molar-refractivity contribution in [3.8, 4) is 11.5 Å². The summed E-state index contributed by atoms with van der Waals surface area (Å²) < 4.78 is 6.38. The second kappa shape index (κ2) is 2.98. The van der Waals surface area contributed by atoms with Crippen LogP contribution in [0.3, 0.4) is 0 Å². The van der Waals surface area contributed by atoms with Crippen LogP contribution < -0.4 is 4.74 Å². The van der Waals surface area contributed by atoms with E-state index in [1.165, 1.54) is 0 Å². The van der Waals surface area contributed by atoms with Gasteiger partial charge in [-0.1, -0.05) is 15.9 Å². The van der Waals surface area contributed by atoms with E-state index in [2.05, 4.69) is 15.9 Å². The molecule has 2 rings (SSSR count). The number of hydrogen-bond donors (Lipinski definition) is 1. The summed E-state index contributed by atoms with van der Waals surface area (Å²) >= 11 is 3.32. The summed E-state index contributed by atoms with van der Waals surface area (Å²) in [5, 5.41) is 9.37. The molecule has 1 aromatic carbocycles. The van der Waals surface area contributed by atoms with Crippen LogP contribution in [0.25, 0.3) is 0 Å². The first-order valence-corrected chi connectivity index (χ1v) is 4.70. The quantitative estimate of drug-likeness (QED) is 0.844. The summed E-state index contributed by atoms with van der Waals surface area (Å²) in [5.41, 5.74) is 0. The van der Waals surface area contributed by atoms with Gasteiger partial charge in [-0.2, -0.15) is 0 Å². The fourth-order valence-electron chi connectivity index (χ4n) is 0.948. The lowest BCUT2D eigenvalue weighted by Gasteiger charge is -2.06. The van der Waals surface area contributed by atoms with E-state index in [0.29, 0.717) is 11.9 Å². The second-order valence-corrected chi connectivity index (χ2v) is 3.84. The third-order valence-corrected chi connectivity index (χ3v) is 2.23. The normalized spacial score (nSPS) is 16.1. The van der Waals surface area contributed by atoms with Crippen LogP contribution in [0.2, 0.25) is 0 Å². The van der Waals surface area contributed by atoms with E-state index in [9.17, 15) is 5.11 Å². The zero-order chi connectivity index (χ0) is 8.55. The maximum atomic E-state index is 9.37. The van der Waals surface area contributed by atoms with Crippen molar-refractivity contribution in [1.82, 2.24) is 0 Å². The maximum absolute atomic E-state index is 9.37. The number of hydrogen-bond acceptors (Lipinski definition) is 2. The van der Waals surface area contributed by atoms with Gasteiger partial charge in [-0.05, 0) is 31.0 Å². The minimum Gasteiger partial charge on any atom is -0.504 e. The van der Waals surface area contributed by atoms with E-state index in [4.69, 9.17) is 4.74 Å². The summed E-state index contributed by atoms with van der Waals surface area (Å²) in [6, 6.07) is 5.20. The van der Waals surface area contributed by atoms with E-state index in [1.807, 2.05) is 0 Å². The Balaban J connectivity index is 2.21. The first-order chi connectivity index (χ1) is 5.75. The molecule has 0 heterocycles. The smallest absolute Gasteiger partial charge is 0.162 e. The van der Waals surface area contributed by atoms with Gasteiger partial charge in [-0.25, -0.2) is 0 Å². The molecule has 0 unspecified atom stereocenters. The number of rotatable bonds is 2. The van der Waals surface area contributed by atoms with Crippen molar-refractivity contribution in [2.24, 2.45) is 0 Å². The van der Waals surface area contributed by atoms with Crippen molar-refractivity contribution >= 4 is 15.9 Å². The first-order valence-electron chi connectivity index (χ1n) is 3.91. The lowest BCUT2D eigenvalue weighted by Crippen LogP contribution is -1.95. The molecule has 1 aliphatic carbocycles. The average molecular weight is 229 g/mol. The van der Waals surface area contributed by atoms with E-state index >= 15 is 0 Å². The topological polar surface area (TPSA) is 29.5 Å². The number of phenolic OH excluding ortho intramolecular Hbond substituents is 1. The van der Waals surface area contributed by atoms with Crippen molar-refractivity contribution in [3.05, 3.63) is 22.7 Å². The van der Waals surface area contributed by atoms with E-state index < -0.39 is 0 Å². The first kappa shape index (κ1) is 7.92.